The van der Waals surface area contributed by atoms with Crippen LogP contribution in [-0.4, -0.2) is 35.5 Å². The van der Waals surface area contributed by atoms with Crippen LogP contribution in [0.4, 0.5) is 0 Å². The lowest BCUT2D eigenvalue weighted by molar-refractivity contribution is 0.0543. The van der Waals surface area contributed by atoms with E-state index in [1.165, 1.54) is 6.42 Å². The van der Waals surface area contributed by atoms with Gasteiger partial charge in [0, 0.05) is 6.04 Å². The van der Waals surface area contributed by atoms with Gasteiger partial charge < -0.3 is 15.5 Å². The van der Waals surface area contributed by atoms with Crippen molar-refractivity contribution >= 4 is 12.4 Å². The van der Waals surface area contributed by atoms with Crippen LogP contribution >= 0.6 is 12.4 Å². The maximum atomic E-state index is 9.17. The summed E-state index contributed by atoms with van der Waals surface area (Å²) < 4.78 is 0. The van der Waals surface area contributed by atoms with Crippen LogP contribution in [-0.2, 0) is 0 Å². The minimum absolute atomic E-state index is 0. The molecule has 2 atom stereocenters. The Kier molecular flexibility index (Phi) is 5.86. The second-order valence-corrected chi connectivity index (χ2v) is 2.81. The largest absolute Gasteiger partial charge is 0.394 e. The van der Waals surface area contributed by atoms with Gasteiger partial charge >= 0.3 is 0 Å². The van der Waals surface area contributed by atoms with E-state index >= 15 is 0 Å². The van der Waals surface area contributed by atoms with Crippen molar-refractivity contribution in [3.63, 3.8) is 0 Å². The molecule has 0 spiro atoms. The lowest BCUT2D eigenvalue weighted by Gasteiger charge is -2.26. The van der Waals surface area contributed by atoms with Gasteiger partial charge in [0.05, 0.1) is 12.7 Å². The van der Waals surface area contributed by atoms with E-state index in [1.54, 1.807) is 0 Å². The Bertz CT molecular complexity index is 96.4. The fourth-order valence-electron chi connectivity index (χ4n) is 1.33. The molecule has 3 N–H and O–H groups in total. The number of hydrogen-bond acceptors (Lipinski definition) is 3. The number of aliphatic hydroxyl groups is 2. The maximum absolute atomic E-state index is 9.17. The van der Waals surface area contributed by atoms with Crippen molar-refractivity contribution in [1.82, 2.24) is 5.32 Å². The van der Waals surface area contributed by atoms with Crippen LogP contribution in [0.1, 0.15) is 19.3 Å². The Morgan fingerprint density at radius 3 is 2.64 bits per heavy atom. The predicted molar refractivity (Wildman–Crippen MR) is 46.0 cm³/mol. The Labute approximate surface area is 73.2 Å². The Morgan fingerprint density at radius 2 is 2.18 bits per heavy atom. The molecule has 0 amide bonds. The number of nitrogens with one attached hydrogen (secondary N) is 1. The van der Waals surface area contributed by atoms with Crippen molar-refractivity contribution in [2.24, 2.45) is 0 Å². The Balaban J connectivity index is 0.000001000. The number of hydrogen-bond donors (Lipinski definition) is 3. The highest BCUT2D eigenvalue weighted by atomic mass is 35.5. The Hall–Kier alpha value is 0.170. The van der Waals surface area contributed by atoms with Gasteiger partial charge in [-0.3, -0.25) is 0 Å². The van der Waals surface area contributed by atoms with E-state index in [4.69, 9.17) is 5.11 Å². The number of aliphatic hydroxyl groups excluding tert-OH is 2. The molecular weight excluding hydrogens is 166 g/mol. The minimum Gasteiger partial charge on any atom is -0.394 e. The first-order chi connectivity index (χ1) is 4.84. The third-order valence-electron chi connectivity index (χ3n) is 2.00. The summed E-state index contributed by atoms with van der Waals surface area (Å²) in [7, 11) is 0. The summed E-state index contributed by atoms with van der Waals surface area (Å²) >= 11 is 0. The van der Waals surface area contributed by atoms with Crippen LogP contribution in [0.25, 0.3) is 0 Å². The SMILES string of the molecule is Cl.OCC(O)C1CCCCN1. The van der Waals surface area contributed by atoms with Gasteiger partial charge in [-0.05, 0) is 19.4 Å². The van der Waals surface area contributed by atoms with Gasteiger partial charge in [0.25, 0.3) is 0 Å². The normalized spacial score (nSPS) is 27.3. The third kappa shape index (κ3) is 3.38. The van der Waals surface area contributed by atoms with E-state index in [0.717, 1.165) is 19.4 Å². The van der Waals surface area contributed by atoms with E-state index in [0.29, 0.717) is 0 Å². The molecule has 11 heavy (non-hydrogen) atoms. The molecule has 1 fully saturated rings. The average Bonchev–Trinajstić information content (AvgIpc) is 2.05. The summed E-state index contributed by atoms with van der Waals surface area (Å²) in [6.07, 6.45) is 2.77. The highest BCUT2D eigenvalue weighted by Gasteiger charge is 2.19. The molecular formula is C7H16ClNO2. The van der Waals surface area contributed by atoms with Crippen LogP contribution in [0.5, 0.6) is 0 Å². The van der Waals surface area contributed by atoms with E-state index in [9.17, 15) is 5.11 Å². The summed E-state index contributed by atoms with van der Waals surface area (Å²) in [6, 6.07) is 0.124. The first-order valence-corrected chi connectivity index (χ1v) is 3.87. The molecule has 1 aliphatic rings. The molecule has 68 valence electrons. The van der Waals surface area contributed by atoms with Gasteiger partial charge in [-0.25, -0.2) is 0 Å². The summed E-state index contributed by atoms with van der Waals surface area (Å²) in [5.74, 6) is 0. The summed E-state index contributed by atoms with van der Waals surface area (Å²) in [5, 5.41) is 20.9. The van der Waals surface area contributed by atoms with Gasteiger partial charge in [0.2, 0.25) is 0 Å². The number of halogens is 1. The summed E-state index contributed by atoms with van der Waals surface area (Å²) in [5.41, 5.74) is 0. The first-order valence-electron chi connectivity index (χ1n) is 3.87. The number of rotatable bonds is 2. The lowest BCUT2D eigenvalue weighted by atomic mass is 10.0. The highest BCUT2D eigenvalue weighted by Crippen LogP contribution is 2.09. The van der Waals surface area contributed by atoms with Crippen molar-refractivity contribution < 1.29 is 10.2 Å². The number of piperidine rings is 1. The van der Waals surface area contributed by atoms with Gasteiger partial charge in [0.15, 0.2) is 0 Å². The predicted octanol–water partition coefficient (Wildman–Crippen LogP) is -0.0965. The molecule has 2 unspecified atom stereocenters. The molecule has 0 saturated carbocycles. The Morgan fingerprint density at radius 1 is 1.45 bits per heavy atom. The van der Waals surface area contributed by atoms with Crippen LogP contribution in [0, 0.1) is 0 Å². The molecule has 1 aliphatic heterocycles. The van der Waals surface area contributed by atoms with E-state index in [-0.39, 0.29) is 25.1 Å². The zero-order chi connectivity index (χ0) is 7.40. The standard InChI is InChI=1S/C7H15NO2.ClH/c9-5-7(10)6-3-1-2-4-8-6;/h6-10H,1-5H2;1H. The molecule has 0 radical (unpaired) electrons. The van der Waals surface area contributed by atoms with Crippen molar-refractivity contribution in [2.75, 3.05) is 13.2 Å². The van der Waals surface area contributed by atoms with Crippen molar-refractivity contribution in [2.45, 2.75) is 31.4 Å². The molecule has 0 aromatic heterocycles. The van der Waals surface area contributed by atoms with Crippen LogP contribution < -0.4 is 5.32 Å². The topological polar surface area (TPSA) is 52.5 Å². The summed E-state index contributed by atoms with van der Waals surface area (Å²) in [4.78, 5) is 0. The fraction of sp³-hybridized carbons (Fsp3) is 1.00. The van der Waals surface area contributed by atoms with Crippen LogP contribution in [0.15, 0.2) is 0 Å². The first kappa shape index (κ1) is 11.2. The fourth-order valence-corrected chi connectivity index (χ4v) is 1.33. The molecule has 0 aliphatic carbocycles. The molecule has 0 aromatic rings. The molecule has 1 saturated heterocycles. The minimum atomic E-state index is -0.569. The second-order valence-electron chi connectivity index (χ2n) is 2.81. The quantitative estimate of drug-likeness (QED) is 0.558. The monoisotopic (exact) mass is 181 g/mol. The summed E-state index contributed by atoms with van der Waals surface area (Å²) in [6.45, 7) is 0.847. The zero-order valence-electron chi connectivity index (χ0n) is 6.49. The molecule has 4 heteroatoms. The lowest BCUT2D eigenvalue weighted by Crippen LogP contribution is -2.44. The average molecular weight is 182 g/mol. The van der Waals surface area contributed by atoms with Crippen LogP contribution in [0.3, 0.4) is 0 Å². The van der Waals surface area contributed by atoms with Crippen molar-refractivity contribution in [3.8, 4) is 0 Å². The third-order valence-corrected chi connectivity index (χ3v) is 2.00. The van der Waals surface area contributed by atoms with E-state index < -0.39 is 6.10 Å². The maximum Gasteiger partial charge on any atom is 0.0923 e. The van der Waals surface area contributed by atoms with Gasteiger partial charge in [-0.15, -0.1) is 12.4 Å². The molecule has 0 bridgehead atoms. The molecule has 1 rings (SSSR count). The van der Waals surface area contributed by atoms with E-state index in [2.05, 4.69) is 5.32 Å². The van der Waals surface area contributed by atoms with Crippen molar-refractivity contribution in [3.05, 3.63) is 0 Å². The zero-order valence-corrected chi connectivity index (χ0v) is 7.31. The smallest absolute Gasteiger partial charge is 0.0923 e. The molecule has 1 heterocycles. The van der Waals surface area contributed by atoms with Gasteiger partial charge in [-0.1, -0.05) is 6.42 Å². The van der Waals surface area contributed by atoms with Gasteiger partial charge in [0.1, 0.15) is 0 Å². The van der Waals surface area contributed by atoms with E-state index in [1.807, 2.05) is 0 Å². The van der Waals surface area contributed by atoms with Crippen molar-refractivity contribution in [1.29, 1.82) is 0 Å². The second kappa shape index (κ2) is 5.77. The molecule has 3 nitrogen and oxygen atoms in total. The van der Waals surface area contributed by atoms with Gasteiger partial charge in [-0.2, -0.15) is 0 Å². The highest BCUT2D eigenvalue weighted by molar-refractivity contribution is 5.85. The van der Waals surface area contributed by atoms with Crippen LogP contribution in [0.2, 0.25) is 0 Å². The molecule has 0 aromatic carbocycles.